The molecule has 7 nitrogen and oxygen atoms in total. The number of rotatable bonds is 5. The molecule has 1 aromatic rings. The molecular formula is C24H36N2O5. The Labute approximate surface area is 185 Å². The quantitative estimate of drug-likeness (QED) is 0.681. The summed E-state index contributed by atoms with van der Waals surface area (Å²) in [6.45, 7) is 14.5. The van der Waals surface area contributed by atoms with E-state index in [1.807, 2.05) is 26.0 Å². The van der Waals surface area contributed by atoms with Crippen molar-refractivity contribution in [3.05, 3.63) is 29.8 Å². The van der Waals surface area contributed by atoms with Gasteiger partial charge in [-0.25, -0.2) is 14.5 Å². The van der Waals surface area contributed by atoms with Gasteiger partial charge in [-0.05, 0) is 66.0 Å². The Morgan fingerprint density at radius 2 is 1.61 bits per heavy atom. The Bertz CT molecular complexity index is 837. The van der Waals surface area contributed by atoms with Crippen molar-refractivity contribution in [1.82, 2.24) is 5.32 Å². The van der Waals surface area contributed by atoms with E-state index in [0.29, 0.717) is 24.9 Å². The minimum Gasteiger partial charge on any atom is -0.444 e. The second-order valence-electron chi connectivity index (χ2n) is 9.97. The van der Waals surface area contributed by atoms with E-state index in [-0.39, 0.29) is 5.91 Å². The van der Waals surface area contributed by atoms with Crippen LogP contribution >= 0.6 is 0 Å². The van der Waals surface area contributed by atoms with E-state index in [2.05, 4.69) is 5.32 Å². The van der Waals surface area contributed by atoms with Crippen molar-refractivity contribution in [2.24, 2.45) is 0 Å². The first-order valence-corrected chi connectivity index (χ1v) is 10.9. The van der Waals surface area contributed by atoms with Gasteiger partial charge in [0.25, 0.3) is 0 Å². The molecular weight excluding hydrogens is 396 g/mol. The fraction of sp³-hybridized carbons (Fsp3) is 0.625. The number of nitrogens with zero attached hydrogens (tertiary/aromatic N) is 1. The summed E-state index contributed by atoms with van der Waals surface area (Å²) < 4.78 is 11.0. The van der Waals surface area contributed by atoms with Crippen LogP contribution in [-0.2, 0) is 19.7 Å². The average molecular weight is 433 g/mol. The van der Waals surface area contributed by atoms with Crippen molar-refractivity contribution < 1.29 is 23.9 Å². The molecule has 1 aromatic carbocycles. The van der Waals surface area contributed by atoms with Gasteiger partial charge >= 0.3 is 12.2 Å². The van der Waals surface area contributed by atoms with Gasteiger partial charge in [-0.3, -0.25) is 4.79 Å². The van der Waals surface area contributed by atoms with Gasteiger partial charge in [0.1, 0.15) is 11.2 Å². The number of benzene rings is 1. The molecule has 0 saturated heterocycles. The summed E-state index contributed by atoms with van der Waals surface area (Å²) in [5, 5.41) is 2.91. The first-order valence-electron chi connectivity index (χ1n) is 10.9. The molecule has 0 aromatic heterocycles. The fourth-order valence-electron chi connectivity index (χ4n) is 4.13. The topological polar surface area (TPSA) is 84.9 Å². The molecule has 0 bridgehead atoms. The molecule has 7 heteroatoms. The zero-order chi connectivity index (χ0) is 23.6. The highest BCUT2D eigenvalue weighted by Gasteiger charge is 2.57. The Balaban J connectivity index is 2.55. The number of ether oxygens (including phenoxy) is 2. The lowest BCUT2D eigenvalue weighted by molar-refractivity contribution is -0.124. The molecule has 1 aliphatic heterocycles. The molecule has 0 fully saturated rings. The van der Waals surface area contributed by atoms with Gasteiger partial charge in [0, 0.05) is 0 Å². The van der Waals surface area contributed by atoms with Crippen molar-refractivity contribution in [1.29, 1.82) is 0 Å². The fourth-order valence-corrected chi connectivity index (χ4v) is 4.13. The maximum Gasteiger partial charge on any atom is 0.421 e. The van der Waals surface area contributed by atoms with Crippen LogP contribution in [-0.4, -0.2) is 35.3 Å². The second kappa shape index (κ2) is 8.89. The summed E-state index contributed by atoms with van der Waals surface area (Å²) in [5.74, 6) is -0.382. The standard InChI is InChI=1S/C24H36N2O5/c1-9-15-24(18(10-2)25-20(28)30-22(3,4)5)16-13-11-12-14-17(16)26(19(24)27)21(29)31-23(6,7)8/h11-14,18H,9-10,15H2,1-8H3,(H,25,28)/t18-,24+/m0/s1. The van der Waals surface area contributed by atoms with Crippen molar-refractivity contribution in [3.8, 4) is 0 Å². The first-order chi connectivity index (χ1) is 14.3. The zero-order valence-electron chi connectivity index (χ0n) is 20.0. The Morgan fingerprint density at radius 3 is 2.13 bits per heavy atom. The number of hydrogen-bond donors (Lipinski definition) is 1. The van der Waals surface area contributed by atoms with E-state index >= 15 is 0 Å². The van der Waals surface area contributed by atoms with Crippen LogP contribution < -0.4 is 10.2 Å². The smallest absolute Gasteiger partial charge is 0.421 e. The first kappa shape index (κ1) is 24.7. The lowest BCUT2D eigenvalue weighted by atomic mass is 9.71. The summed E-state index contributed by atoms with van der Waals surface area (Å²) in [5.41, 5.74) is -1.29. The Morgan fingerprint density at radius 1 is 1.03 bits per heavy atom. The molecule has 0 saturated carbocycles. The predicted octanol–water partition coefficient (Wildman–Crippen LogP) is 5.31. The molecule has 2 atom stereocenters. The Hall–Kier alpha value is -2.57. The number of anilines is 1. The molecule has 0 aliphatic carbocycles. The normalized spacial score (nSPS) is 19.6. The maximum absolute atomic E-state index is 13.9. The van der Waals surface area contributed by atoms with E-state index in [4.69, 9.17) is 9.47 Å². The van der Waals surface area contributed by atoms with Gasteiger partial charge in [0.15, 0.2) is 0 Å². The van der Waals surface area contributed by atoms with Crippen molar-refractivity contribution >= 4 is 23.8 Å². The number of fused-ring (bicyclic) bond motifs is 1. The largest absolute Gasteiger partial charge is 0.444 e. The van der Waals surface area contributed by atoms with Crippen LogP contribution in [0.2, 0.25) is 0 Å². The van der Waals surface area contributed by atoms with E-state index in [0.717, 1.165) is 10.5 Å². The lowest BCUT2D eigenvalue weighted by Crippen LogP contribution is -2.57. The molecule has 0 radical (unpaired) electrons. The number of amides is 3. The van der Waals surface area contributed by atoms with E-state index < -0.39 is 34.8 Å². The molecule has 1 N–H and O–H groups in total. The van der Waals surface area contributed by atoms with Gasteiger partial charge in [-0.2, -0.15) is 0 Å². The number of imide groups is 1. The van der Waals surface area contributed by atoms with Crippen LogP contribution in [0.15, 0.2) is 24.3 Å². The van der Waals surface area contributed by atoms with E-state index in [1.54, 1.807) is 53.7 Å². The van der Waals surface area contributed by atoms with Crippen LogP contribution in [0.3, 0.4) is 0 Å². The van der Waals surface area contributed by atoms with Crippen LogP contribution in [0.4, 0.5) is 15.3 Å². The predicted molar refractivity (Wildman–Crippen MR) is 120 cm³/mol. The van der Waals surface area contributed by atoms with Gasteiger partial charge in [0.05, 0.1) is 17.1 Å². The third kappa shape index (κ3) is 5.20. The molecule has 172 valence electrons. The van der Waals surface area contributed by atoms with Gasteiger partial charge in [0.2, 0.25) is 5.91 Å². The van der Waals surface area contributed by atoms with Crippen molar-refractivity contribution in [2.45, 2.75) is 97.3 Å². The summed E-state index contributed by atoms with van der Waals surface area (Å²) in [6, 6.07) is 6.67. The van der Waals surface area contributed by atoms with Crippen LogP contribution in [0.5, 0.6) is 0 Å². The highest BCUT2D eigenvalue weighted by Crippen LogP contribution is 2.48. The number of hydrogen-bond acceptors (Lipinski definition) is 5. The molecule has 1 heterocycles. The zero-order valence-corrected chi connectivity index (χ0v) is 20.0. The summed E-state index contributed by atoms with van der Waals surface area (Å²) in [6.07, 6.45) is 0.345. The minimum absolute atomic E-state index is 0.382. The molecule has 3 amide bonds. The number of nitrogens with one attached hydrogen (secondary N) is 1. The highest BCUT2D eigenvalue weighted by molar-refractivity contribution is 6.21. The highest BCUT2D eigenvalue weighted by atomic mass is 16.6. The van der Waals surface area contributed by atoms with Crippen LogP contribution in [0.1, 0.15) is 80.2 Å². The molecule has 0 spiro atoms. The summed E-state index contributed by atoms with van der Waals surface area (Å²) in [4.78, 5) is 40.6. The van der Waals surface area contributed by atoms with Crippen molar-refractivity contribution in [2.75, 3.05) is 4.90 Å². The van der Waals surface area contributed by atoms with E-state index in [1.165, 1.54) is 0 Å². The monoisotopic (exact) mass is 432 g/mol. The molecule has 31 heavy (non-hydrogen) atoms. The number of carbonyl (C=O) groups excluding carboxylic acids is 3. The van der Waals surface area contributed by atoms with Crippen LogP contribution in [0, 0.1) is 0 Å². The third-order valence-electron chi connectivity index (χ3n) is 5.12. The molecule has 1 aliphatic rings. The third-order valence-corrected chi connectivity index (χ3v) is 5.12. The van der Waals surface area contributed by atoms with Crippen LogP contribution in [0.25, 0.3) is 0 Å². The van der Waals surface area contributed by atoms with Gasteiger partial charge < -0.3 is 14.8 Å². The van der Waals surface area contributed by atoms with Gasteiger partial charge in [-0.1, -0.05) is 38.5 Å². The Kier molecular flexibility index (Phi) is 7.08. The summed E-state index contributed by atoms with van der Waals surface area (Å²) in [7, 11) is 0. The number of alkyl carbamates (subject to hydrolysis) is 1. The maximum atomic E-state index is 13.9. The van der Waals surface area contributed by atoms with Crippen molar-refractivity contribution in [3.63, 3.8) is 0 Å². The van der Waals surface area contributed by atoms with E-state index in [9.17, 15) is 14.4 Å². The second-order valence-corrected chi connectivity index (χ2v) is 9.97. The molecule has 2 rings (SSSR count). The SMILES string of the molecule is CCC[C@@]1([C@H](CC)NC(=O)OC(C)(C)C)C(=O)N(C(=O)OC(C)(C)C)c2ccccc21. The average Bonchev–Trinajstić information content (AvgIpc) is 2.86. The lowest BCUT2D eigenvalue weighted by Gasteiger charge is -2.37. The number of carbonyl (C=O) groups is 3. The number of para-hydroxylation sites is 1. The molecule has 0 unspecified atom stereocenters. The van der Waals surface area contributed by atoms with Gasteiger partial charge in [-0.15, -0.1) is 0 Å². The minimum atomic E-state index is -1.09. The summed E-state index contributed by atoms with van der Waals surface area (Å²) >= 11 is 0.